The first kappa shape index (κ1) is 16.8. The lowest BCUT2D eigenvalue weighted by Crippen LogP contribution is -2.27. The first-order valence-electron chi connectivity index (χ1n) is 7.13. The number of nitrogens with two attached hydrogens (primary N) is 1. The van der Waals surface area contributed by atoms with Crippen molar-refractivity contribution in [2.75, 3.05) is 7.05 Å². The summed E-state index contributed by atoms with van der Waals surface area (Å²) in [7, 11) is 1.62. The molecule has 3 aromatic rings. The van der Waals surface area contributed by atoms with Gasteiger partial charge in [0, 0.05) is 7.05 Å². The number of hydrogen-bond donors (Lipinski definition) is 2. The van der Waals surface area contributed by atoms with E-state index in [2.05, 4.69) is 70.1 Å². The third-order valence-corrected chi connectivity index (χ3v) is 3.74. The van der Waals surface area contributed by atoms with E-state index in [1.54, 1.807) is 7.05 Å². The van der Waals surface area contributed by atoms with Crippen molar-refractivity contribution in [1.29, 1.82) is 0 Å². The molecule has 4 nitrogen and oxygen atoms in total. The molecule has 0 aliphatic carbocycles. The van der Waals surface area contributed by atoms with Crippen LogP contribution in [0.1, 0.15) is 12.5 Å². The van der Waals surface area contributed by atoms with Gasteiger partial charge in [0.15, 0.2) is 0 Å². The van der Waals surface area contributed by atoms with Gasteiger partial charge in [-0.05, 0) is 40.1 Å². The van der Waals surface area contributed by atoms with Gasteiger partial charge in [0.25, 0.3) is 0 Å². The number of aliphatic imine (C=N–C) groups is 1. The molecular formula is C18H19ClN4. The molecule has 0 amide bonds. The summed E-state index contributed by atoms with van der Waals surface area (Å²) in [5.74, 6) is 0.297. The number of halogens is 1. The highest BCUT2D eigenvalue weighted by molar-refractivity contribution is 6.10. The zero-order valence-corrected chi connectivity index (χ0v) is 13.9. The van der Waals surface area contributed by atoms with Gasteiger partial charge in [0.2, 0.25) is 5.96 Å². The highest BCUT2D eigenvalue weighted by Crippen LogP contribution is 2.26. The summed E-state index contributed by atoms with van der Waals surface area (Å²) in [6.07, 6.45) is 0. The van der Waals surface area contributed by atoms with E-state index >= 15 is 0 Å². The van der Waals surface area contributed by atoms with Crippen LogP contribution >= 0.6 is 12.4 Å². The minimum absolute atomic E-state index is 0. The first-order chi connectivity index (χ1) is 10.7. The van der Waals surface area contributed by atoms with E-state index in [1.165, 1.54) is 21.5 Å². The third-order valence-electron chi connectivity index (χ3n) is 3.74. The molecule has 5 heteroatoms. The summed E-state index contributed by atoms with van der Waals surface area (Å²) < 4.78 is 0. The third kappa shape index (κ3) is 3.43. The highest BCUT2D eigenvalue weighted by Gasteiger charge is 2.03. The lowest BCUT2D eigenvalue weighted by atomic mass is 9.99. The summed E-state index contributed by atoms with van der Waals surface area (Å²) in [4.78, 5) is 3.81. The maximum atomic E-state index is 5.58. The van der Waals surface area contributed by atoms with Crippen molar-refractivity contribution in [2.45, 2.75) is 6.92 Å². The Kier molecular flexibility index (Phi) is 5.19. The number of fused-ring (bicyclic) bond motifs is 3. The number of nitrogens with zero attached hydrogens (tertiary/aromatic N) is 2. The van der Waals surface area contributed by atoms with Gasteiger partial charge < -0.3 is 5.73 Å². The summed E-state index contributed by atoms with van der Waals surface area (Å²) in [5, 5.41) is 9.21. The minimum Gasteiger partial charge on any atom is -0.369 e. The summed E-state index contributed by atoms with van der Waals surface area (Å²) in [6, 6.07) is 19.1. The average Bonchev–Trinajstić information content (AvgIpc) is 2.58. The van der Waals surface area contributed by atoms with E-state index in [9.17, 15) is 0 Å². The molecule has 0 aromatic heterocycles. The smallest absolute Gasteiger partial charge is 0.209 e. The molecule has 3 aromatic carbocycles. The van der Waals surface area contributed by atoms with Crippen molar-refractivity contribution in [3.05, 3.63) is 60.2 Å². The molecular weight excluding hydrogens is 308 g/mol. The van der Waals surface area contributed by atoms with Crippen LogP contribution in [0.5, 0.6) is 0 Å². The van der Waals surface area contributed by atoms with Crippen LogP contribution in [0.3, 0.4) is 0 Å². The monoisotopic (exact) mass is 326 g/mol. The van der Waals surface area contributed by atoms with E-state index < -0.39 is 0 Å². The van der Waals surface area contributed by atoms with Crippen LogP contribution in [-0.2, 0) is 0 Å². The Balaban J connectivity index is 0.00000192. The molecule has 0 radical (unpaired) electrons. The molecule has 0 aliphatic rings. The van der Waals surface area contributed by atoms with E-state index in [4.69, 9.17) is 5.73 Å². The van der Waals surface area contributed by atoms with Crippen LogP contribution in [0.25, 0.3) is 21.5 Å². The van der Waals surface area contributed by atoms with Crippen LogP contribution in [0.15, 0.2) is 64.7 Å². The van der Waals surface area contributed by atoms with E-state index in [0.717, 1.165) is 11.3 Å². The predicted octanol–water partition coefficient (Wildman–Crippen LogP) is 3.67. The van der Waals surface area contributed by atoms with Crippen LogP contribution in [-0.4, -0.2) is 18.7 Å². The molecule has 3 N–H and O–H groups in total. The number of hydrogen-bond acceptors (Lipinski definition) is 2. The molecule has 0 spiro atoms. The van der Waals surface area contributed by atoms with E-state index in [1.807, 2.05) is 6.92 Å². The van der Waals surface area contributed by atoms with Crippen molar-refractivity contribution >= 4 is 45.6 Å². The van der Waals surface area contributed by atoms with Crippen LogP contribution in [0, 0.1) is 0 Å². The number of rotatable bonds is 2. The zero-order valence-electron chi connectivity index (χ0n) is 13.1. The van der Waals surface area contributed by atoms with Gasteiger partial charge in [0.05, 0.1) is 5.71 Å². The van der Waals surface area contributed by atoms with Gasteiger partial charge in [-0.3, -0.25) is 4.99 Å². The van der Waals surface area contributed by atoms with Gasteiger partial charge in [-0.2, -0.15) is 5.10 Å². The normalized spacial score (nSPS) is 12.3. The molecule has 0 bridgehead atoms. The molecule has 3 rings (SSSR count). The Morgan fingerprint density at radius 2 is 1.65 bits per heavy atom. The second-order valence-electron chi connectivity index (χ2n) is 5.14. The molecule has 0 fully saturated rings. The fraction of sp³-hybridized carbons (Fsp3) is 0.111. The lowest BCUT2D eigenvalue weighted by Gasteiger charge is -2.07. The molecule has 118 valence electrons. The van der Waals surface area contributed by atoms with Crippen molar-refractivity contribution in [3.63, 3.8) is 0 Å². The van der Waals surface area contributed by atoms with Crippen molar-refractivity contribution in [3.8, 4) is 0 Å². The van der Waals surface area contributed by atoms with Crippen LogP contribution in [0.2, 0.25) is 0 Å². The SMILES string of the molecule is CN=C(N)NN=C(C)c1ccc2c(ccc3ccccc32)c1.Cl. The zero-order chi connectivity index (χ0) is 15.5. The summed E-state index contributed by atoms with van der Waals surface area (Å²) in [6.45, 7) is 1.94. The second kappa shape index (κ2) is 7.11. The molecule has 0 heterocycles. The second-order valence-corrected chi connectivity index (χ2v) is 5.14. The van der Waals surface area contributed by atoms with Crippen molar-refractivity contribution < 1.29 is 0 Å². The molecule has 0 atom stereocenters. The molecule has 0 saturated carbocycles. The quantitative estimate of drug-likeness (QED) is 0.326. The summed E-state index contributed by atoms with van der Waals surface area (Å²) >= 11 is 0. The van der Waals surface area contributed by atoms with Crippen molar-refractivity contribution in [1.82, 2.24) is 5.43 Å². The predicted molar refractivity (Wildman–Crippen MR) is 102 cm³/mol. The van der Waals surface area contributed by atoms with Crippen LogP contribution in [0.4, 0.5) is 0 Å². The number of nitrogens with one attached hydrogen (secondary N) is 1. The van der Waals surface area contributed by atoms with Gasteiger partial charge in [-0.25, -0.2) is 5.43 Å². The standard InChI is InChI=1S/C18H18N4.ClH/c1-12(21-22-18(19)20-2)14-9-10-17-15(11-14)8-7-13-5-3-4-6-16(13)17;/h3-11H,1-2H3,(H3,19,20,22);1H. The van der Waals surface area contributed by atoms with Gasteiger partial charge in [-0.15, -0.1) is 12.4 Å². The maximum absolute atomic E-state index is 5.58. The topological polar surface area (TPSA) is 62.8 Å². The number of guanidine groups is 1. The van der Waals surface area contributed by atoms with Crippen molar-refractivity contribution in [2.24, 2.45) is 15.8 Å². The Morgan fingerprint density at radius 1 is 0.957 bits per heavy atom. The number of hydrazone groups is 1. The molecule has 23 heavy (non-hydrogen) atoms. The van der Waals surface area contributed by atoms with Gasteiger partial charge in [-0.1, -0.05) is 48.5 Å². The Labute approximate surface area is 141 Å². The minimum atomic E-state index is 0. The Hall–Kier alpha value is -2.59. The molecule has 0 unspecified atom stereocenters. The fourth-order valence-corrected chi connectivity index (χ4v) is 2.49. The fourth-order valence-electron chi connectivity index (χ4n) is 2.49. The van der Waals surface area contributed by atoms with Gasteiger partial charge >= 0.3 is 0 Å². The summed E-state index contributed by atoms with van der Waals surface area (Å²) in [5.41, 5.74) is 10.2. The van der Waals surface area contributed by atoms with Gasteiger partial charge in [0.1, 0.15) is 0 Å². The highest BCUT2D eigenvalue weighted by atomic mass is 35.5. The average molecular weight is 327 g/mol. The first-order valence-corrected chi connectivity index (χ1v) is 7.13. The largest absolute Gasteiger partial charge is 0.369 e. The molecule has 0 saturated heterocycles. The number of benzene rings is 3. The lowest BCUT2D eigenvalue weighted by molar-refractivity contribution is 0.997. The Bertz CT molecular complexity index is 900. The Morgan fingerprint density at radius 3 is 2.43 bits per heavy atom. The van der Waals surface area contributed by atoms with Crippen LogP contribution < -0.4 is 11.2 Å². The van der Waals surface area contributed by atoms with E-state index in [0.29, 0.717) is 5.96 Å². The maximum Gasteiger partial charge on any atom is 0.209 e. The van der Waals surface area contributed by atoms with E-state index in [-0.39, 0.29) is 12.4 Å². The molecule has 0 aliphatic heterocycles.